The summed E-state index contributed by atoms with van der Waals surface area (Å²) in [5.74, 6) is -0.111. The molecule has 0 radical (unpaired) electrons. The summed E-state index contributed by atoms with van der Waals surface area (Å²) < 4.78 is 5.77. The normalized spacial score (nSPS) is 14.0. The molecule has 0 unspecified atom stereocenters. The van der Waals surface area contributed by atoms with Gasteiger partial charge in [0.05, 0.1) is 6.42 Å². The highest BCUT2D eigenvalue weighted by atomic mass is 16.5. The second-order valence-electron chi connectivity index (χ2n) is 7.08. The minimum atomic E-state index is -0.111. The summed E-state index contributed by atoms with van der Waals surface area (Å²) in [5, 5.41) is 0. The first kappa shape index (κ1) is 25.9. The highest BCUT2D eigenvalue weighted by molar-refractivity contribution is 5.78. The third-order valence-corrected chi connectivity index (χ3v) is 5.10. The zero-order valence-electron chi connectivity index (χ0n) is 19.7. The Morgan fingerprint density at radius 3 is 2.17 bits per heavy atom. The maximum atomic E-state index is 12.5. The molecule has 3 nitrogen and oxygen atoms in total. The molecule has 3 rings (SSSR count). The molecular formula is C27H41NO2. The molecule has 2 aromatic carbocycles. The van der Waals surface area contributed by atoms with Crippen molar-refractivity contribution in [3.05, 3.63) is 60.2 Å². The molecular weight excluding hydrogens is 370 g/mol. The fourth-order valence-electron chi connectivity index (χ4n) is 3.59. The number of nitrogens with zero attached hydrogens (tertiary/aromatic N) is 1. The highest BCUT2D eigenvalue weighted by Crippen LogP contribution is 2.24. The highest BCUT2D eigenvalue weighted by Gasteiger charge is 2.22. The summed E-state index contributed by atoms with van der Waals surface area (Å²) in [7, 11) is 0. The van der Waals surface area contributed by atoms with Crippen molar-refractivity contribution in [1.82, 2.24) is 4.90 Å². The zero-order valence-corrected chi connectivity index (χ0v) is 19.7. The van der Waals surface area contributed by atoms with Gasteiger partial charge < -0.3 is 9.64 Å². The Bertz CT molecular complexity index is 691. The number of unbranched alkanes of at least 4 members (excludes halogenated alkanes) is 1. The van der Waals surface area contributed by atoms with E-state index in [4.69, 9.17) is 4.74 Å². The molecule has 1 aliphatic heterocycles. The Morgan fingerprint density at radius 2 is 1.53 bits per heavy atom. The van der Waals surface area contributed by atoms with Crippen molar-refractivity contribution < 1.29 is 9.53 Å². The van der Waals surface area contributed by atoms with Crippen LogP contribution in [0.25, 0.3) is 11.1 Å². The molecule has 1 fully saturated rings. The van der Waals surface area contributed by atoms with Crippen molar-refractivity contribution in [3.63, 3.8) is 0 Å². The van der Waals surface area contributed by atoms with Crippen LogP contribution in [0.4, 0.5) is 0 Å². The molecule has 166 valence electrons. The van der Waals surface area contributed by atoms with E-state index in [-0.39, 0.29) is 12.1 Å². The molecule has 1 heterocycles. The largest absolute Gasteiger partial charge is 0.462 e. The topological polar surface area (TPSA) is 29.5 Å². The molecule has 0 aromatic heterocycles. The molecule has 2 aromatic rings. The molecule has 0 spiro atoms. The minimum absolute atomic E-state index is 0.0734. The number of carbonyl (C=O) groups excluding carboxylic acids is 1. The number of piperidine rings is 1. The fraction of sp³-hybridized carbons (Fsp3) is 0.519. The number of likely N-dealkylation sites (tertiary alicyclic amines) is 1. The van der Waals surface area contributed by atoms with Crippen LogP contribution in [0.15, 0.2) is 54.6 Å². The Labute approximate surface area is 184 Å². The van der Waals surface area contributed by atoms with Crippen molar-refractivity contribution in [3.8, 4) is 11.1 Å². The van der Waals surface area contributed by atoms with E-state index in [0.29, 0.717) is 6.42 Å². The molecule has 0 saturated carbocycles. The lowest BCUT2D eigenvalue weighted by molar-refractivity contribution is -0.150. The van der Waals surface area contributed by atoms with E-state index < -0.39 is 0 Å². The molecule has 0 N–H and O–H groups in total. The van der Waals surface area contributed by atoms with Gasteiger partial charge in [-0.25, -0.2) is 0 Å². The lowest BCUT2D eigenvalue weighted by atomic mass is 9.98. The minimum Gasteiger partial charge on any atom is -0.462 e. The average molecular weight is 412 g/mol. The lowest BCUT2D eigenvalue weighted by Crippen LogP contribution is -2.38. The van der Waals surface area contributed by atoms with Crippen LogP contribution < -0.4 is 0 Å². The quantitative estimate of drug-likeness (QED) is 0.472. The molecule has 30 heavy (non-hydrogen) atoms. The van der Waals surface area contributed by atoms with E-state index in [1.54, 1.807) is 0 Å². The average Bonchev–Trinajstić information content (AvgIpc) is 2.82. The van der Waals surface area contributed by atoms with Gasteiger partial charge in [-0.15, -0.1) is 0 Å². The van der Waals surface area contributed by atoms with E-state index in [1.165, 1.54) is 19.4 Å². The van der Waals surface area contributed by atoms with Crippen LogP contribution >= 0.6 is 0 Å². The molecule has 1 saturated heterocycles. The Kier molecular flexibility index (Phi) is 13.5. The summed E-state index contributed by atoms with van der Waals surface area (Å²) in [6.07, 6.45) is 4.80. The van der Waals surface area contributed by atoms with E-state index in [1.807, 2.05) is 64.1 Å². The van der Waals surface area contributed by atoms with Crippen LogP contribution in [0.2, 0.25) is 0 Å². The third-order valence-electron chi connectivity index (χ3n) is 5.10. The smallest absolute Gasteiger partial charge is 0.310 e. The summed E-state index contributed by atoms with van der Waals surface area (Å²) >= 11 is 0. The van der Waals surface area contributed by atoms with Gasteiger partial charge in [0.15, 0.2) is 0 Å². The monoisotopic (exact) mass is 411 g/mol. The molecule has 3 heteroatoms. The van der Waals surface area contributed by atoms with Gasteiger partial charge in [-0.2, -0.15) is 0 Å². The first-order chi connectivity index (χ1) is 14.8. The Hall–Kier alpha value is -2.13. The van der Waals surface area contributed by atoms with E-state index in [2.05, 4.69) is 30.0 Å². The predicted molar refractivity (Wildman–Crippen MR) is 129 cm³/mol. The van der Waals surface area contributed by atoms with Crippen LogP contribution in [0.1, 0.15) is 65.9 Å². The Balaban J connectivity index is 0.00000106. The van der Waals surface area contributed by atoms with Gasteiger partial charge in [0.25, 0.3) is 0 Å². The van der Waals surface area contributed by atoms with Crippen LogP contribution in [0.5, 0.6) is 0 Å². The number of carbonyl (C=O) groups is 1. The summed E-state index contributed by atoms with van der Waals surface area (Å²) in [5.41, 5.74) is 3.28. The van der Waals surface area contributed by atoms with Crippen molar-refractivity contribution in [2.24, 2.45) is 0 Å². The first-order valence-electron chi connectivity index (χ1n) is 11.8. The maximum absolute atomic E-state index is 12.5. The maximum Gasteiger partial charge on any atom is 0.310 e. The van der Waals surface area contributed by atoms with Crippen LogP contribution in [-0.4, -0.2) is 36.6 Å². The number of hydrogen-bond donors (Lipinski definition) is 0. The van der Waals surface area contributed by atoms with Gasteiger partial charge in [0, 0.05) is 13.1 Å². The van der Waals surface area contributed by atoms with E-state index >= 15 is 0 Å². The second-order valence-corrected chi connectivity index (χ2v) is 7.08. The number of ether oxygens (including phenoxy) is 1. The van der Waals surface area contributed by atoms with Crippen molar-refractivity contribution in [2.75, 3.05) is 19.6 Å². The number of benzene rings is 2. The number of esters is 1. The summed E-state index contributed by atoms with van der Waals surface area (Å²) in [6, 6.07) is 18.3. The third kappa shape index (κ3) is 8.71. The Morgan fingerprint density at radius 1 is 0.933 bits per heavy atom. The van der Waals surface area contributed by atoms with Gasteiger partial charge in [-0.1, -0.05) is 95.6 Å². The molecule has 0 atom stereocenters. The summed E-state index contributed by atoms with van der Waals surface area (Å²) in [6.45, 7) is 13.5. The molecule has 0 bridgehead atoms. The number of hydrogen-bond acceptors (Lipinski definition) is 3. The standard InChI is InChI=1S/C23H29NO2.2C2H6/c1-2-3-15-24-16-13-21(14-17-24)26-23(25)18-20-11-7-8-12-22(20)19-9-5-4-6-10-19;2*1-2/h4-12,21H,2-3,13-18H2,1H3;2*1-2H3. The van der Waals surface area contributed by atoms with Crippen molar-refractivity contribution in [2.45, 2.75) is 72.8 Å². The van der Waals surface area contributed by atoms with Gasteiger partial charge >= 0.3 is 5.97 Å². The van der Waals surface area contributed by atoms with Crippen molar-refractivity contribution >= 4 is 5.97 Å². The van der Waals surface area contributed by atoms with Crippen molar-refractivity contribution in [1.29, 1.82) is 0 Å². The second kappa shape index (κ2) is 15.7. The van der Waals surface area contributed by atoms with Gasteiger partial charge in [-0.3, -0.25) is 4.79 Å². The van der Waals surface area contributed by atoms with Gasteiger partial charge in [0.1, 0.15) is 6.10 Å². The summed E-state index contributed by atoms with van der Waals surface area (Å²) in [4.78, 5) is 15.0. The van der Waals surface area contributed by atoms with Gasteiger partial charge in [-0.05, 0) is 42.5 Å². The van der Waals surface area contributed by atoms with Crippen LogP contribution in [0.3, 0.4) is 0 Å². The fourth-order valence-corrected chi connectivity index (χ4v) is 3.59. The SMILES string of the molecule is CC.CC.CCCCN1CCC(OC(=O)Cc2ccccc2-c2ccccc2)CC1. The van der Waals surface area contributed by atoms with Crippen LogP contribution in [0, 0.1) is 0 Å². The van der Waals surface area contributed by atoms with E-state index in [9.17, 15) is 4.79 Å². The number of rotatable bonds is 7. The lowest BCUT2D eigenvalue weighted by Gasteiger charge is -2.31. The zero-order chi connectivity index (χ0) is 22.2. The molecule has 0 amide bonds. The first-order valence-corrected chi connectivity index (χ1v) is 11.8. The van der Waals surface area contributed by atoms with Gasteiger partial charge in [0.2, 0.25) is 0 Å². The molecule has 1 aliphatic rings. The van der Waals surface area contributed by atoms with E-state index in [0.717, 1.165) is 42.6 Å². The predicted octanol–water partition coefficient (Wildman–Crippen LogP) is 6.76. The van der Waals surface area contributed by atoms with Crippen LogP contribution in [-0.2, 0) is 16.0 Å². The molecule has 0 aliphatic carbocycles.